The topological polar surface area (TPSA) is 93.1 Å². The number of unbranched alkanes of at least 4 members (excludes halogenated alkanes) is 2. The van der Waals surface area contributed by atoms with Crippen molar-refractivity contribution in [2.75, 3.05) is 20.3 Å². The lowest BCUT2D eigenvalue weighted by Crippen LogP contribution is -2.33. The second-order valence-electron chi connectivity index (χ2n) is 5.63. The molecule has 1 fully saturated rings. The van der Waals surface area contributed by atoms with Gasteiger partial charge in [-0.05, 0) is 42.0 Å². The maximum absolute atomic E-state index is 12.2. The Balaban J connectivity index is 2.14. The number of carbonyl (C=O) groups excluding carboxylic acids is 2. The van der Waals surface area contributed by atoms with Gasteiger partial charge in [0.1, 0.15) is 6.54 Å². The van der Waals surface area contributed by atoms with Gasteiger partial charge in [0.15, 0.2) is 11.5 Å². The van der Waals surface area contributed by atoms with Crippen LogP contribution in [-0.2, 0) is 9.59 Å². The standard InChI is InChI=1S/C18H21NO6S/c1-3-4-5-8-25-13-7-6-12(9-14(13)24-2)10-15-17(22)19(11-16(20)21)18(23)26-15/h6-7,9-10H,3-5,8,11H2,1-2H3,(H,20,21)/b15-10-. The number of nitrogens with zero attached hydrogens (tertiary/aromatic N) is 1. The van der Waals surface area contributed by atoms with Crippen LogP contribution in [0, 0.1) is 0 Å². The number of aliphatic carboxylic acids is 1. The van der Waals surface area contributed by atoms with Crippen molar-refractivity contribution >= 4 is 35.0 Å². The number of carboxylic acid groups (broad SMARTS) is 1. The summed E-state index contributed by atoms with van der Waals surface area (Å²) in [7, 11) is 1.53. The third-order valence-corrected chi connectivity index (χ3v) is 4.57. The SMILES string of the molecule is CCCCCOc1ccc(/C=C2\SC(=O)N(CC(=O)O)C2=O)cc1OC. The molecule has 1 aromatic carbocycles. The fourth-order valence-electron chi connectivity index (χ4n) is 2.35. The van der Waals surface area contributed by atoms with Gasteiger partial charge in [0.05, 0.1) is 18.6 Å². The number of rotatable bonds is 9. The smallest absolute Gasteiger partial charge is 0.323 e. The quantitative estimate of drug-likeness (QED) is 0.519. The molecule has 1 saturated heterocycles. The van der Waals surface area contributed by atoms with E-state index in [1.807, 2.05) is 0 Å². The first-order chi connectivity index (χ1) is 12.5. The van der Waals surface area contributed by atoms with Crippen LogP contribution in [0.25, 0.3) is 6.08 Å². The lowest BCUT2D eigenvalue weighted by atomic mass is 10.2. The lowest BCUT2D eigenvalue weighted by molar-refractivity contribution is -0.140. The van der Waals surface area contributed by atoms with Gasteiger partial charge in [-0.2, -0.15) is 0 Å². The second-order valence-corrected chi connectivity index (χ2v) is 6.62. The van der Waals surface area contributed by atoms with Crippen LogP contribution in [0.1, 0.15) is 31.7 Å². The Labute approximate surface area is 156 Å². The van der Waals surface area contributed by atoms with E-state index in [2.05, 4.69) is 6.92 Å². The Morgan fingerprint density at radius 3 is 2.69 bits per heavy atom. The molecular formula is C18H21NO6S. The second kappa shape index (κ2) is 9.28. The number of hydrogen-bond donors (Lipinski definition) is 1. The van der Waals surface area contributed by atoms with Gasteiger partial charge in [-0.15, -0.1) is 0 Å². The van der Waals surface area contributed by atoms with Crippen LogP contribution in [0.4, 0.5) is 4.79 Å². The zero-order chi connectivity index (χ0) is 19.1. The number of amides is 2. The number of carbonyl (C=O) groups is 3. The minimum atomic E-state index is -1.24. The summed E-state index contributed by atoms with van der Waals surface area (Å²) in [5.41, 5.74) is 0.656. The molecule has 8 heteroatoms. The average Bonchev–Trinajstić information content (AvgIpc) is 2.86. The Morgan fingerprint density at radius 2 is 2.04 bits per heavy atom. The third kappa shape index (κ3) is 5.01. The van der Waals surface area contributed by atoms with Gasteiger partial charge in [0.25, 0.3) is 11.1 Å². The molecule has 2 rings (SSSR count). The van der Waals surface area contributed by atoms with Crippen LogP contribution in [0.3, 0.4) is 0 Å². The number of thioether (sulfide) groups is 1. The lowest BCUT2D eigenvalue weighted by Gasteiger charge is -2.11. The predicted molar refractivity (Wildman–Crippen MR) is 98.3 cm³/mol. The predicted octanol–water partition coefficient (Wildman–Crippen LogP) is 3.39. The Bertz CT molecular complexity index is 730. The van der Waals surface area contributed by atoms with Crippen LogP contribution < -0.4 is 9.47 Å². The van der Waals surface area contributed by atoms with Crippen molar-refractivity contribution in [3.63, 3.8) is 0 Å². The van der Waals surface area contributed by atoms with Crippen molar-refractivity contribution in [2.45, 2.75) is 26.2 Å². The highest BCUT2D eigenvalue weighted by molar-refractivity contribution is 8.18. The fourth-order valence-corrected chi connectivity index (χ4v) is 3.19. The summed E-state index contributed by atoms with van der Waals surface area (Å²) in [5.74, 6) is -0.708. The summed E-state index contributed by atoms with van der Waals surface area (Å²) < 4.78 is 11.0. The van der Waals surface area contributed by atoms with Crippen molar-refractivity contribution < 1.29 is 29.0 Å². The molecule has 2 amide bonds. The number of carboxylic acids is 1. The van der Waals surface area contributed by atoms with Gasteiger partial charge in [-0.3, -0.25) is 19.3 Å². The summed E-state index contributed by atoms with van der Waals surface area (Å²) >= 11 is 0.719. The molecule has 7 nitrogen and oxygen atoms in total. The average molecular weight is 379 g/mol. The number of hydrogen-bond acceptors (Lipinski definition) is 6. The summed E-state index contributed by atoms with van der Waals surface area (Å²) in [6.45, 7) is 2.07. The van der Waals surface area contributed by atoms with Gasteiger partial charge < -0.3 is 14.6 Å². The largest absolute Gasteiger partial charge is 0.493 e. The van der Waals surface area contributed by atoms with E-state index in [-0.39, 0.29) is 4.91 Å². The van der Waals surface area contributed by atoms with Crippen LogP contribution in [0.5, 0.6) is 11.5 Å². The van der Waals surface area contributed by atoms with E-state index in [0.717, 1.165) is 31.0 Å². The summed E-state index contributed by atoms with van der Waals surface area (Å²) in [5, 5.41) is 8.19. The molecule has 1 heterocycles. The van der Waals surface area contributed by atoms with Gasteiger partial charge in [0.2, 0.25) is 0 Å². The normalized spacial score (nSPS) is 15.6. The Kier molecular flexibility index (Phi) is 7.08. The van der Waals surface area contributed by atoms with Crippen LogP contribution >= 0.6 is 11.8 Å². The molecule has 140 valence electrons. The summed E-state index contributed by atoms with van der Waals surface area (Å²) in [6.07, 6.45) is 4.69. The van der Waals surface area contributed by atoms with Gasteiger partial charge in [-0.25, -0.2) is 0 Å². The minimum Gasteiger partial charge on any atom is -0.493 e. The van der Waals surface area contributed by atoms with E-state index in [1.54, 1.807) is 18.2 Å². The molecule has 26 heavy (non-hydrogen) atoms. The van der Waals surface area contributed by atoms with Crippen molar-refractivity contribution in [1.29, 1.82) is 0 Å². The first kappa shape index (κ1) is 19.8. The Morgan fingerprint density at radius 1 is 1.27 bits per heavy atom. The van der Waals surface area contributed by atoms with Crippen molar-refractivity contribution in [3.05, 3.63) is 28.7 Å². The molecule has 0 aromatic heterocycles. The molecule has 1 aromatic rings. The molecule has 0 unspecified atom stereocenters. The minimum absolute atomic E-state index is 0.176. The van der Waals surface area contributed by atoms with Crippen molar-refractivity contribution in [3.8, 4) is 11.5 Å². The number of imide groups is 1. The van der Waals surface area contributed by atoms with E-state index >= 15 is 0 Å². The van der Waals surface area contributed by atoms with E-state index < -0.39 is 23.7 Å². The molecule has 0 atom stereocenters. The monoisotopic (exact) mass is 379 g/mol. The van der Waals surface area contributed by atoms with E-state index in [4.69, 9.17) is 14.6 Å². The molecule has 1 N–H and O–H groups in total. The van der Waals surface area contributed by atoms with Crippen LogP contribution in [0.15, 0.2) is 23.1 Å². The summed E-state index contributed by atoms with van der Waals surface area (Å²) in [4.78, 5) is 35.6. The molecule has 0 aliphatic carbocycles. The zero-order valence-corrected chi connectivity index (χ0v) is 15.5. The first-order valence-electron chi connectivity index (χ1n) is 8.24. The highest BCUT2D eigenvalue weighted by Gasteiger charge is 2.36. The van der Waals surface area contributed by atoms with Crippen LogP contribution in [0.2, 0.25) is 0 Å². The van der Waals surface area contributed by atoms with Crippen molar-refractivity contribution in [1.82, 2.24) is 4.90 Å². The van der Waals surface area contributed by atoms with E-state index in [0.29, 0.717) is 28.6 Å². The highest BCUT2D eigenvalue weighted by atomic mass is 32.2. The third-order valence-electron chi connectivity index (χ3n) is 3.66. The maximum Gasteiger partial charge on any atom is 0.323 e. The summed E-state index contributed by atoms with van der Waals surface area (Å²) in [6, 6.07) is 5.21. The molecule has 0 radical (unpaired) electrons. The van der Waals surface area contributed by atoms with Gasteiger partial charge in [0, 0.05) is 0 Å². The molecule has 1 aliphatic heterocycles. The number of benzene rings is 1. The van der Waals surface area contributed by atoms with E-state index in [9.17, 15) is 14.4 Å². The molecule has 0 bridgehead atoms. The first-order valence-corrected chi connectivity index (χ1v) is 9.06. The molecular weight excluding hydrogens is 358 g/mol. The van der Waals surface area contributed by atoms with E-state index in [1.165, 1.54) is 13.2 Å². The molecule has 0 spiro atoms. The molecule has 0 saturated carbocycles. The fraction of sp³-hybridized carbons (Fsp3) is 0.389. The zero-order valence-electron chi connectivity index (χ0n) is 14.7. The van der Waals surface area contributed by atoms with Gasteiger partial charge >= 0.3 is 5.97 Å². The Hall–Kier alpha value is -2.48. The number of methoxy groups -OCH3 is 1. The van der Waals surface area contributed by atoms with Crippen LogP contribution in [-0.4, -0.2) is 47.4 Å². The molecule has 1 aliphatic rings. The maximum atomic E-state index is 12.2. The van der Waals surface area contributed by atoms with Crippen molar-refractivity contribution in [2.24, 2.45) is 0 Å². The van der Waals surface area contributed by atoms with Gasteiger partial charge in [-0.1, -0.05) is 25.8 Å². The highest BCUT2D eigenvalue weighted by Crippen LogP contribution is 2.34. The number of ether oxygens (including phenoxy) is 2.